The van der Waals surface area contributed by atoms with Crippen LogP contribution in [0.4, 0.5) is 0 Å². The van der Waals surface area contributed by atoms with Crippen molar-refractivity contribution in [2.24, 2.45) is 0 Å². The van der Waals surface area contributed by atoms with Crippen LogP contribution in [0.3, 0.4) is 0 Å². The van der Waals surface area contributed by atoms with Crippen molar-refractivity contribution < 1.29 is 22.7 Å². The van der Waals surface area contributed by atoms with Gasteiger partial charge < -0.3 is 4.74 Å². The molecule has 9 heteroatoms. The van der Waals surface area contributed by atoms with E-state index in [9.17, 15) is 18.0 Å². The highest BCUT2D eigenvalue weighted by Crippen LogP contribution is 2.11. The van der Waals surface area contributed by atoms with Gasteiger partial charge in [-0.05, 0) is 36.3 Å². The van der Waals surface area contributed by atoms with E-state index in [1.54, 1.807) is 42.5 Å². The zero-order chi connectivity index (χ0) is 21.1. The van der Waals surface area contributed by atoms with E-state index in [1.165, 1.54) is 6.08 Å². The quantitative estimate of drug-likeness (QED) is 0.535. The van der Waals surface area contributed by atoms with Crippen LogP contribution in [-0.2, 0) is 19.6 Å². The first-order valence-corrected chi connectivity index (χ1v) is 10.4. The highest BCUT2D eigenvalue weighted by molar-refractivity contribution is 7.92. The third-order valence-electron chi connectivity index (χ3n) is 3.60. The highest BCUT2D eigenvalue weighted by Gasteiger charge is 2.09. The number of hydrogen-bond donors (Lipinski definition) is 3. The maximum Gasteiger partial charge on any atom is 0.276 e. The summed E-state index contributed by atoms with van der Waals surface area (Å²) in [6.07, 6.45) is 1.31. The maximum atomic E-state index is 11.9. The van der Waals surface area contributed by atoms with Crippen LogP contribution in [-0.4, -0.2) is 33.4 Å². The summed E-state index contributed by atoms with van der Waals surface area (Å²) in [6.45, 7) is 1.53. The standard InChI is InChI=1S/C20H23N3O5S/c1-16-6-5-9-18(14-16)28-15-20(25)23-22-19(24)10-12-21-29(26,27)13-11-17-7-3-2-4-8-17/h2-9,11,13-14,21H,10,12,15H2,1H3,(H,22,24)(H,23,25)/b13-11+. The van der Waals surface area contributed by atoms with Crippen molar-refractivity contribution >= 4 is 27.9 Å². The smallest absolute Gasteiger partial charge is 0.276 e. The molecule has 2 amide bonds. The Morgan fingerprint density at radius 3 is 2.45 bits per heavy atom. The molecular formula is C20H23N3O5S. The normalized spacial score (nSPS) is 11.2. The fraction of sp³-hybridized carbons (Fsp3) is 0.200. The van der Waals surface area contributed by atoms with E-state index in [1.807, 2.05) is 19.1 Å². The molecule has 0 aliphatic carbocycles. The van der Waals surface area contributed by atoms with Gasteiger partial charge in [-0.15, -0.1) is 0 Å². The molecule has 0 aromatic heterocycles. The van der Waals surface area contributed by atoms with Gasteiger partial charge in [-0.1, -0.05) is 42.5 Å². The summed E-state index contributed by atoms with van der Waals surface area (Å²) in [5.74, 6) is -0.528. The van der Waals surface area contributed by atoms with E-state index in [-0.39, 0.29) is 19.6 Å². The summed E-state index contributed by atoms with van der Waals surface area (Å²) in [7, 11) is -3.67. The number of ether oxygens (including phenoxy) is 1. The number of hydrogen-bond acceptors (Lipinski definition) is 5. The second-order valence-electron chi connectivity index (χ2n) is 6.10. The minimum atomic E-state index is -3.67. The lowest BCUT2D eigenvalue weighted by atomic mass is 10.2. The van der Waals surface area contributed by atoms with E-state index in [0.29, 0.717) is 5.75 Å². The number of sulfonamides is 1. The summed E-state index contributed by atoms with van der Waals surface area (Å²) in [6, 6.07) is 16.2. The Morgan fingerprint density at radius 2 is 1.72 bits per heavy atom. The molecule has 8 nitrogen and oxygen atoms in total. The first kappa shape index (κ1) is 22.1. The predicted octanol–water partition coefficient (Wildman–Crippen LogP) is 1.50. The molecule has 0 saturated carbocycles. The monoisotopic (exact) mass is 417 g/mol. The zero-order valence-corrected chi connectivity index (χ0v) is 16.7. The molecule has 3 N–H and O–H groups in total. The maximum absolute atomic E-state index is 11.9. The Kier molecular flexibility index (Phi) is 8.38. The first-order chi connectivity index (χ1) is 13.8. The Hall–Kier alpha value is -3.17. The molecule has 0 saturated heterocycles. The van der Waals surface area contributed by atoms with Crippen LogP contribution < -0.4 is 20.3 Å². The van der Waals surface area contributed by atoms with E-state index < -0.39 is 21.8 Å². The van der Waals surface area contributed by atoms with E-state index in [4.69, 9.17) is 4.74 Å². The molecule has 0 heterocycles. The fourth-order valence-electron chi connectivity index (χ4n) is 2.18. The second-order valence-corrected chi connectivity index (χ2v) is 7.76. The molecule has 0 atom stereocenters. The molecule has 0 radical (unpaired) electrons. The van der Waals surface area contributed by atoms with Gasteiger partial charge in [0.2, 0.25) is 15.9 Å². The first-order valence-electron chi connectivity index (χ1n) is 8.84. The minimum absolute atomic E-state index is 0.108. The van der Waals surface area contributed by atoms with Crippen LogP contribution in [0.1, 0.15) is 17.5 Å². The number of aryl methyl sites for hydroxylation is 1. The van der Waals surface area contributed by atoms with Gasteiger partial charge in [0.1, 0.15) is 5.75 Å². The topological polar surface area (TPSA) is 114 Å². The summed E-state index contributed by atoms with van der Waals surface area (Å²) < 4.78 is 31.4. The molecule has 2 aromatic rings. The van der Waals surface area contributed by atoms with Gasteiger partial charge >= 0.3 is 0 Å². The van der Waals surface area contributed by atoms with Crippen molar-refractivity contribution in [2.45, 2.75) is 13.3 Å². The summed E-state index contributed by atoms with van der Waals surface area (Å²) in [4.78, 5) is 23.4. The van der Waals surface area contributed by atoms with Crippen molar-refractivity contribution in [2.75, 3.05) is 13.2 Å². The number of nitrogens with one attached hydrogen (secondary N) is 3. The van der Waals surface area contributed by atoms with Gasteiger partial charge in [0, 0.05) is 18.4 Å². The largest absolute Gasteiger partial charge is 0.484 e. The van der Waals surface area contributed by atoms with Gasteiger partial charge in [0.05, 0.1) is 0 Å². The number of carbonyl (C=O) groups is 2. The minimum Gasteiger partial charge on any atom is -0.484 e. The lowest BCUT2D eigenvalue weighted by molar-refractivity contribution is -0.129. The van der Waals surface area contributed by atoms with Crippen LogP contribution in [0.5, 0.6) is 5.75 Å². The van der Waals surface area contributed by atoms with Crippen molar-refractivity contribution in [1.82, 2.24) is 15.6 Å². The fourth-order valence-corrected chi connectivity index (χ4v) is 3.00. The molecule has 2 aromatic carbocycles. The average Bonchev–Trinajstić information content (AvgIpc) is 2.70. The number of amides is 2. The number of hydrazine groups is 1. The van der Waals surface area contributed by atoms with Gasteiger partial charge in [0.25, 0.3) is 5.91 Å². The lowest BCUT2D eigenvalue weighted by Gasteiger charge is -2.09. The van der Waals surface area contributed by atoms with Crippen LogP contribution in [0.2, 0.25) is 0 Å². The van der Waals surface area contributed by atoms with Crippen LogP contribution in [0.25, 0.3) is 6.08 Å². The predicted molar refractivity (Wildman–Crippen MR) is 110 cm³/mol. The molecule has 0 aliphatic rings. The van der Waals surface area contributed by atoms with Crippen molar-refractivity contribution in [3.8, 4) is 5.75 Å². The van der Waals surface area contributed by atoms with E-state index >= 15 is 0 Å². The molecule has 2 rings (SSSR count). The number of carbonyl (C=O) groups excluding carboxylic acids is 2. The third-order valence-corrected chi connectivity index (χ3v) is 4.70. The van der Waals surface area contributed by atoms with Crippen molar-refractivity contribution in [1.29, 1.82) is 0 Å². The molecular weight excluding hydrogens is 394 g/mol. The van der Waals surface area contributed by atoms with Gasteiger partial charge in [-0.3, -0.25) is 20.4 Å². The van der Waals surface area contributed by atoms with Crippen LogP contribution in [0, 0.1) is 6.92 Å². The molecule has 0 unspecified atom stereocenters. The van der Waals surface area contributed by atoms with Crippen LogP contribution in [0.15, 0.2) is 60.0 Å². The molecule has 0 aliphatic heterocycles. The van der Waals surface area contributed by atoms with Crippen molar-refractivity contribution in [3.05, 3.63) is 71.1 Å². The number of benzene rings is 2. The Bertz CT molecular complexity index is 959. The Labute approximate surface area is 170 Å². The lowest BCUT2D eigenvalue weighted by Crippen LogP contribution is -2.44. The second kappa shape index (κ2) is 11.0. The number of rotatable bonds is 9. The summed E-state index contributed by atoms with van der Waals surface area (Å²) >= 11 is 0. The van der Waals surface area contributed by atoms with E-state index in [0.717, 1.165) is 16.5 Å². The Morgan fingerprint density at radius 1 is 1.00 bits per heavy atom. The third kappa shape index (κ3) is 9.04. The molecule has 0 spiro atoms. The molecule has 0 bridgehead atoms. The zero-order valence-electron chi connectivity index (χ0n) is 15.9. The Balaban J connectivity index is 1.64. The molecule has 29 heavy (non-hydrogen) atoms. The van der Waals surface area contributed by atoms with E-state index in [2.05, 4.69) is 15.6 Å². The van der Waals surface area contributed by atoms with Crippen LogP contribution >= 0.6 is 0 Å². The molecule has 154 valence electrons. The summed E-state index contributed by atoms with van der Waals surface area (Å²) in [5.41, 5.74) is 6.15. The molecule has 0 fully saturated rings. The SMILES string of the molecule is Cc1cccc(OCC(=O)NNC(=O)CCNS(=O)(=O)/C=C/c2ccccc2)c1. The van der Waals surface area contributed by atoms with Crippen molar-refractivity contribution in [3.63, 3.8) is 0 Å². The van der Waals surface area contributed by atoms with Gasteiger partial charge in [-0.2, -0.15) is 0 Å². The average molecular weight is 417 g/mol. The highest BCUT2D eigenvalue weighted by atomic mass is 32.2. The van der Waals surface area contributed by atoms with Gasteiger partial charge in [-0.25, -0.2) is 13.1 Å². The van der Waals surface area contributed by atoms with Gasteiger partial charge in [0.15, 0.2) is 6.61 Å². The summed E-state index contributed by atoms with van der Waals surface area (Å²) in [5, 5.41) is 1.03.